The molecule has 0 saturated carbocycles. The number of nitriles is 1. The quantitative estimate of drug-likeness (QED) is 0.218. The number of nitrogens with one attached hydrogen (secondary N) is 1. The molecule has 0 bridgehead atoms. The van der Waals surface area contributed by atoms with Gasteiger partial charge in [-0.05, 0) is 54.5 Å². The molecule has 0 aromatic heterocycles. The molecule has 7 nitrogen and oxygen atoms in total. The number of amides is 1. The normalized spacial score (nSPS) is 10.8. The van der Waals surface area contributed by atoms with Crippen LogP contribution in [0, 0.1) is 28.4 Å². The summed E-state index contributed by atoms with van der Waals surface area (Å²) in [4.78, 5) is 22.6. The van der Waals surface area contributed by atoms with E-state index in [9.17, 15) is 20.2 Å². The number of halogens is 1. The molecule has 0 heterocycles. The van der Waals surface area contributed by atoms with Crippen molar-refractivity contribution in [3.63, 3.8) is 0 Å². The van der Waals surface area contributed by atoms with Crippen molar-refractivity contribution in [3.05, 3.63) is 98.6 Å². The zero-order chi connectivity index (χ0) is 23.1. The van der Waals surface area contributed by atoms with Gasteiger partial charge in [-0.15, -0.1) is 0 Å². The zero-order valence-electron chi connectivity index (χ0n) is 17.0. The first-order valence-corrected chi connectivity index (χ1v) is 9.89. The number of carbonyl (C=O) groups is 1. The molecule has 0 spiro atoms. The molecule has 0 aliphatic carbocycles. The van der Waals surface area contributed by atoms with E-state index >= 15 is 0 Å². The van der Waals surface area contributed by atoms with Gasteiger partial charge in [0, 0.05) is 28.4 Å². The monoisotopic (exact) mass is 447 g/mol. The molecule has 0 radical (unpaired) electrons. The second kappa shape index (κ2) is 10.2. The van der Waals surface area contributed by atoms with E-state index in [1.54, 1.807) is 48.5 Å². The van der Waals surface area contributed by atoms with Crippen molar-refractivity contribution in [2.45, 2.75) is 6.92 Å². The van der Waals surface area contributed by atoms with Gasteiger partial charge in [-0.25, -0.2) is 0 Å². The fourth-order valence-electron chi connectivity index (χ4n) is 2.84. The SMILES string of the molecule is Cc1ccc(NC(=O)COc2ccccc2/C=C(\C#N)c2ccc([N+](=O)[O-])cc2)cc1Cl. The molecule has 0 atom stereocenters. The van der Waals surface area contributed by atoms with Crippen LogP contribution in [0.4, 0.5) is 11.4 Å². The van der Waals surface area contributed by atoms with Gasteiger partial charge in [-0.3, -0.25) is 14.9 Å². The van der Waals surface area contributed by atoms with Crippen LogP contribution >= 0.6 is 11.6 Å². The maximum atomic E-state index is 12.3. The lowest BCUT2D eigenvalue weighted by atomic mass is 10.0. The average molecular weight is 448 g/mol. The van der Waals surface area contributed by atoms with Gasteiger partial charge >= 0.3 is 0 Å². The number of rotatable bonds is 7. The van der Waals surface area contributed by atoms with Crippen LogP contribution < -0.4 is 10.1 Å². The number of carbonyl (C=O) groups excluding carboxylic acids is 1. The van der Waals surface area contributed by atoms with Crippen molar-refractivity contribution in [2.24, 2.45) is 0 Å². The number of non-ortho nitro benzene ring substituents is 1. The molecule has 3 aromatic carbocycles. The molecule has 0 aliphatic rings. The van der Waals surface area contributed by atoms with E-state index in [-0.39, 0.29) is 18.2 Å². The van der Waals surface area contributed by atoms with E-state index in [1.807, 2.05) is 6.92 Å². The Hall–Kier alpha value is -4.15. The summed E-state index contributed by atoms with van der Waals surface area (Å²) in [5, 5.41) is 23.7. The second-order valence-electron chi connectivity index (χ2n) is 6.81. The number of hydrogen-bond donors (Lipinski definition) is 1. The second-order valence-corrected chi connectivity index (χ2v) is 7.22. The Morgan fingerprint density at radius 3 is 2.56 bits per heavy atom. The third kappa shape index (κ3) is 5.72. The minimum atomic E-state index is -0.502. The molecular formula is C24H18ClN3O4. The highest BCUT2D eigenvalue weighted by atomic mass is 35.5. The van der Waals surface area contributed by atoms with Gasteiger partial charge in [0.2, 0.25) is 0 Å². The maximum absolute atomic E-state index is 12.3. The number of nitro benzene ring substituents is 1. The minimum absolute atomic E-state index is 0.0596. The number of aryl methyl sites for hydroxylation is 1. The van der Waals surface area contributed by atoms with Gasteiger partial charge in [0.15, 0.2) is 6.61 Å². The standard InChI is InChI=1S/C24H18ClN3O4/c1-16-6-9-20(13-22(16)25)27-24(29)15-32-23-5-3-2-4-18(23)12-19(14-26)17-7-10-21(11-8-17)28(30)31/h2-13H,15H2,1H3,(H,27,29)/b19-12+. The van der Waals surface area contributed by atoms with E-state index in [0.717, 1.165) is 5.56 Å². The smallest absolute Gasteiger partial charge is 0.269 e. The van der Waals surface area contributed by atoms with E-state index in [2.05, 4.69) is 11.4 Å². The van der Waals surface area contributed by atoms with Crippen LogP contribution in [-0.2, 0) is 4.79 Å². The van der Waals surface area contributed by atoms with Crippen LogP contribution in [-0.4, -0.2) is 17.4 Å². The van der Waals surface area contributed by atoms with E-state index in [0.29, 0.717) is 33.2 Å². The molecule has 0 saturated heterocycles. The maximum Gasteiger partial charge on any atom is 0.269 e. The fourth-order valence-corrected chi connectivity index (χ4v) is 3.02. The predicted molar refractivity (Wildman–Crippen MR) is 123 cm³/mol. The van der Waals surface area contributed by atoms with E-state index in [1.165, 1.54) is 24.3 Å². The Morgan fingerprint density at radius 1 is 1.19 bits per heavy atom. The van der Waals surface area contributed by atoms with Crippen LogP contribution in [0.5, 0.6) is 5.75 Å². The molecular weight excluding hydrogens is 430 g/mol. The van der Waals surface area contributed by atoms with Crippen molar-refractivity contribution < 1.29 is 14.5 Å². The fraction of sp³-hybridized carbons (Fsp3) is 0.0833. The van der Waals surface area contributed by atoms with E-state index in [4.69, 9.17) is 16.3 Å². The molecule has 8 heteroatoms. The molecule has 160 valence electrons. The molecule has 1 amide bonds. The highest BCUT2D eigenvalue weighted by Gasteiger charge is 2.10. The first-order chi connectivity index (χ1) is 15.4. The highest BCUT2D eigenvalue weighted by Crippen LogP contribution is 2.26. The molecule has 3 aromatic rings. The molecule has 0 fully saturated rings. The van der Waals surface area contributed by atoms with Crippen LogP contribution in [0.25, 0.3) is 11.6 Å². The van der Waals surface area contributed by atoms with Crippen LogP contribution in [0.2, 0.25) is 5.02 Å². The Bertz CT molecular complexity index is 1230. The van der Waals surface area contributed by atoms with Crippen LogP contribution in [0.3, 0.4) is 0 Å². The lowest BCUT2D eigenvalue weighted by Gasteiger charge is -2.11. The number of benzene rings is 3. The van der Waals surface area contributed by atoms with Gasteiger partial charge in [-0.2, -0.15) is 5.26 Å². The summed E-state index contributed by atoms with van der Waals surface area (Å²) in [7, 11) is 0. The zero-order valence-corrected chi connectivity index (χ0v) is 17.8. The summed E-state index contributed by atoms with van der Waals surface area (Å²) < 4.78 is 5.67. The Kier molecular flexibility index (Phi) is 7.21. The number of nitrogens with zero attached hydrogens (tertiary/aromatic N) is 2. The van der Waals surface area contributed by atoms with Crippen molar-refractivity contribution >= 4 is 40.5 Å². The lowest BCUT2D eigenvalue weighted by molar-refractivity contribution is -0.384. The molecule has 0 unspecified atom stereocenters. The molecule has 3 rings (SSSR count). The summed E-state index contributed by atoms with van der Waals surface area (Å²) in [6.07, 6.45) is 1.61. The van der Waals surface area contributed by atoms with Crippen molar-refractivity contribution in [1.29, 1.82) is 5.26 Å². The summed E-state index contributed by atoms with van der Waals surface area (Å²) >= 11 is 6.08. The van der Waals surface area contributed by atoms with Crippen molar-refractivity contribution in [3.8, 4) is 11.8 Å². The number of anilines is 1. The summed E-state index contributed by atoms with van der Waals surface area (Å²) in [6.45, 7) is 1.63. The Labute approximate surface area is 189 Å². The van der Waals surface area contributed by atoms with Gasteiger partial charge in [0.1, 0.15) is 5.75 Å². The largest absolute Gasteiger partial charge is 0.483 e. The first-order valence-electron chi connectivity index (χ1n) is 9.52. The van der Waals surface area contributed by atoms with Crippen molar-refractivity contribution in [2.75, 3.05) is 11.9 Å². The summed E-state index contributed by atoms with van der Waals surface area (Å²) in [5.41, 5.74) is 2.83. The average Bonchev–Trinajstić information content (AvgIpc) is 2.79. The number of hydrogen-bond acceptors (Lipinski definition) is 5. The topological polar surface area (TPSA) is 105 Å². The lowest BCUT2D eigenvalue weighted by Crippen LogP contribution is -2.20. The Morgan fingerprint density at radius 2 is 1.91 bits per heavy atom. The Balaban J connectivity index is 1.74. The minimum Gasteiger partial charge on any atom is -0.483 e. The van der Waals surface area contributed by atoms with Gasteiger partial charge in [0.25, 0.3) is 11.6 Å². The summed E-state index contributed by atoms with van der Waals surface area (Å²) in [5.74, 6) is 0.0545. The number of ether oxygens (including phenoxy) is 1. The molecule has 32 heavy (non-hydrogen) atoms. The number of nitro groups is 1. The third-order valence-corrected chi connectivity index (χ3v) is 4.95. The van der Waals surface area contributed by atoms with Gasteiger partial charge in [-0.1, -0.05) is 35.9 Å². The van der Waals surface area contributed by atoms with Gasteiger partial charge < -0.3 is 10.1 Å². The summed E-state index contributed by atoms with van der Waals surface area (Å²) in [6, 6.07) is 20.0. The number of allylic oxidation sites excluding steroid dienone is 1. The molecule has 0 aliphatic heterocycles. The van der Waals surface area contributed by atoms with Crippen LogP contribution in [0.1, 0.15) is 16.7 Å². The number of para-hydroxylation sites is 1. The highest BCUT2D eigenvalue weighted by molar-refractivity contribution is 6.31. The first kappa shape index (κ1) is 22.5. The predicted octanol–water partition coefficient (Wildman–Crippen LogP) is 5.64. The molecule has 1 N–H and O–H groups in total. The van der Waals surface area contributed by atoms with Gasteiger partial charge in [0.05, 0.1) is 16.6 Å². The van der Waals surface area contributed by atoms with Crippen LogP contribution in [0.15, 0.2) is 66.7 Å². The van der Waals surface area contributed by atoms with E-state index < -0.39 is 4.92 Å². The third-order valence-electron chi connectivity index (χ3n) is 4.54. The van der Waals surface area contributed by atoms with Crippen molar-refractivity contribution in [1.82, 2.24) is 0 Å².